The predicted octanol–water partition coefficient (Wildman–Crippen LogP) is 1.71. The van der Waals surface area contributed by atoms with E-state index in [0.717, 1.165) is 19.6 Å². The molecule has 1 atom stereocenters. The average molecular weight is 262 g/mol. The Hall–Kier alpha value is -1.39. The first kappa shape index (κ1) is 14.0. The maximum absolute atomic E-state index is 11.0. The zero-order chi connectivity index (χ0) is 13.9. The van der Waals surface area contributed by atoms with Gasteiger partial charge in [-0.3, -0.25) is 9.69 Å². The predicted molar refractivity (Wildman–Crippen MR) is 75.0 cm³/mol. The molecule has 4 heteroatoms. The van der Waals surface area contributed by atoms with Crippen molar-refractivity contribution in [1.82, 2.24) is 10.2 Å². The van der Waals surface area contributed by atoms with E-state index in [9.17, 15) is 4.79 Å². The molecule has 0 aliphatic carbocycles. The van der Waals surface area contributed by atoms with E-state index in [4.69, 9.17) is 5.11 Å². The minimum Gasteiger partial charge on any atom is -0.481 e. The lowest BCUT2D eigenvalue weighted by molar-refractivity contribution is -0.139. The molecule has 0 aromatic heterocycles. The van der Waals surface area contributed by atoms with Crippen LogP contribution in [-0.4, -0.2) is 40.6 Å². The van der Waals surface area contributed by atoms with Gasteiger partial charge in [0.15, 0.2) is 0 Å². The Morgan fingerprint density at radius 1 is 1.42 bits per heavy atom. The number of piperazine rings is 1. The summed E-state index contributed by atoms with van der Waals surface area (Å²) in [4.78, 5) is 13.3. The maximum atomic E-state index is 11.0. The lowest BCUT2D eigenvalue weighted by atomic mass is 9.94. The molecule has 1 fully saturated rings. The van der Waals surface area contributed by atoms with Crippen molar-refractivity contribution >= 4 is 5.97 Å². The summed E-state index contributed by atoms with van der Waals surface area (Å²) >= 11 is 0. The van der Waals surface area contributed by atoms with Crippen LogP contribution in [0.4, 0.5) is 0 Å². The number of nitrogens with zero attached hydrogens (tertiary/aromatic N) is 1. The van der Waals surface area contributed by atoms with Crippen molar-refractivity contribution in [1.29, 1.82) is 0 Å². The van der Waals surface area contributed by atoms with E-state index in [1.807, 2.05) is 18.2 Å². The first-order chi connectivity index (χ1) is 8.99. The van der Waals surface area contributed by atoms with Crippen molar-refractivity contribution < 1.29 is 9.90 Å². The molecule has 0 amide bonds. The van der Waals surface area contributed by atoms with Crippen LogP contribution in [0.2, 0.25) is 0 Å². The zero-order valence-corrected chi connectivity index (χ0v) is 11.6. The lowest BCUT2D eigenvalue weighted by Crippen LogP contribution is -2.62. The highest BCUT2D eigenvalue weighted by Crippen LogP contribution is 2.25. The largest absolute Gasteiger partial charge is 0.481 e. The maximum Gasteiger partial charge on any atom is 0.304 e. The smallest absolute Gasteiger partial charge is 0.304 e. The van der Waals surface area contributed by atoms with Crippen LogP contribution < -0.4 is 5.32 Å². The molecule has 1 aromatic rings. The molecule has 4 nitrogen and oxygen atoms in total. The van der Waals surface area contributed by atoms with Crippen LogP contribution in [-0.2, 0) is 11.3 Å². The Balaban J connectivity index is 2.16. The SMILES string of the molecule is CC1(C)CNCC(CC(=O)O)N1Cc1ccccc1. The molecule has 1 saturated heterocycles. The van der Waals surface area contributed by atoms with E-state index in [1.54, 1.807) is 0 Å². The molecule has 1 aliphatic rings. The normalized spacial score (nSPS) is 23.2. The van der Waals surface area contributed by atoms with Crippen LogP contribution in [0.15, 0.2) is 30.3 Å². The molecule has 104 valence electrons. The highest BCUT2D eigenvalue weighted by molar-refractivity contribution is 5.67. The van der Waals surface area contributed by atoms with Crippen molar-refractivity contribution in [2.24, 2.45) is 0 Å². The van der Waals surface area contributed by atoms with Crippen LogP contribution in [0.5, 0.6) is 0 Å². The fourth-order valence-corrected chi connectivity index (χ4v) is 2.76. The number of hydrogen-bond donors (Lipinski definition) is 2. The van der Waals surface area contributed by atoms with Gasteiger partial charge in [0.1, 0.15) is 0 Å². The monoisotopic (exact) mass is 262 g/mol. The number of benzene rings is 1. The third-order valence-electron chi connectivity index (χ3n) is 3.76. The van der Waals surface area contributed by atoms with Crippen molar-refractivity contribution in [3.05, 3.63) is 35.9 Å². The van der Waals surface area contributed by atoms with Gasteiger partial charge in [0.05, 0.1) is 6.42 Å². The van der Waals surface area contributed by atoms with Gasteiger partial charge in [-0.15, -0.1) is 0 Å². The Bertz CT molecular complexity index is 431. The van der Waals surface area contributed by atoms with Gasteiger partial charge in [0.25, 0.3) is 0 Å². The fourth-order valence-electron chi connectivity index (χ4n) is 2.76. The minimum atomic E-state index is -0.734. The molecular formula is C15H22N2O2. The van der Waals surface area contributed by atoms with Gasteiger partial charge in [-0.1, -0.05) is 30.3 Å². The zero-order valence-electron chi connectivity index (χ0n) is 11.6. The number of carboxylic acids is 1. The van der Waals surface area contributed by atoms with Crippen molar-refractivity contribution in [3.63, 3.8) is 0 Å². The first-order valence-corrected chi connectivity index (χ1v) is 6.72. The quantitative estimate of drug-likeness (QED) is 0.867. The third kappa shape index (κ3) is 3.55. The van der Waals surface area contributed by atoms with Crippen molar-refractivity contribution in [3.8, 4) is 0 Å². The van der Waals surface area contributed by atoms with Crippen molar-refractivity contribution in [2.45, 2.75) is 38.4 Å². The molecule has 2 N–H and O–H groups in total. The van der Waals surface area contributed by atoms with Crippen LogP contribution in [0, 0.1) is 0 Å². The summed E-state index contributed by atoms with van der Waals surface area (Å²) in [6.45, 7) is 6.75. The number of hydrogen-bond acceptors (Lipinski definition) is 3. The van der Waals surface area contributed by atoms with Gasteiger partial charge in [0.2, 0.25) is 0 Å². The highest BCUT2D eigenvalue weighted by atomic mass is 16.4. The van der Waals surface area contributed by atoms with Crippen molar-refractivity contribution in [2.75, 3.05) is 13.1 Å². The fraction of sp³-hybridized carbons (Fsp3) is 0.533. The van der Waals surface area contributed by atoms with E-state index in [-0.39, 0.29) is 18.0 Å². The lowest BCUT2D eigenvalue weighted by Gasteiger charge is -2.48. The van der Waals surface area contributed by atoms with Crippen LogP contribution in [0.1, 0.15) is 25.8 Å². The van der Waals surface area contributed by atoms with E-state index in [2.05, 4.69) is 36.2 Å². The summed E-state index contributed by atoms with van der Waals surface area (Å²) < 4.78 is 0. The summed E-state index contributed by atoms with van der Waals surface area (Å²) in [6.07, 6.45) is 0.184. The van der Waals surface area contributed by atoms with E-state index >= 15 is 0 Å². The highest BCUT2D eigenvalue weighted by Gasteiger charge is 2.36. The summed E-state index contributed by atoms with van der Waals surface area (Å²) in [6, 6.07) is 10.3. The molecule has 0 radical (unpaired) electrons. The third-order valence-corrected chi connectivity index (χ3v) is 3.76. The molecule has 19 heavy (non-hydrogen) atoms. The molecular weight excluding hydrogens is 240 g/mol. The number of rotatable bonds is 4. The summed E-state index contributed by atoms with van der Waals surface area (Å²) in [5.74, 6) is -0.734. The van der Waals surface area contributed by atoms with E-state index in [1.165, 1.54) is 5.56 Å². The Labute approximate surface area is 114 Å². The number of aliphatic carboxylic acids is 1. The number of carbonyl (C=O) groups is 1. The molecule has 0 bridgehead atoms. The summed E-state index contributed by atoms with van der Waals surface area (Å²) in [5.41, 5.74) is 1.20. The Kier molecular flexibility index (Phi) is 4.22. The standard InChI is InChI=1S/C15H22N2O2/c1-15(2)11-16-9-13(8-14(18)19)17(15)10-12-6-4-3-5-7-12/h3-7,13,16H,8-11H2,1-2H3,(H,18,19). The van der Waals surface area contributed by atoms with Crippen LogP contribution >= 0.6 is 0 Å². The second-order valence-corrected chi connectivity index (χ2v) is 5.81. The Morgan fingerprint density at radius 2 is 2.11 bits per heavy atom. The van der Waals surface area contributed by atoms with Gasteiger partial charge in [-0.25, -0.2) is 0 Å². The van der Waals surface area contributed by atoms with Crippen LogP contribution in [0.25, 0.3) is 0 Å². The minimum absolute atomic E-state index is 0.0335. The first-order valence-electron chi connectivity index (χ1n) is 6.72. The second kappa shape index (κ2) is 5.72. The summed E-state index contributed by atoms with van der Waals surface area (Å²) in [7, 11) is 0. The molecule has 1 aromatic carbocycles. The number of nitrogens with one attached hydrogen (secondary N) is 1. The van der Waals surface area contributed by atoms with Gasteiger partial charge < -0.3 is 10.4 Å². The average Bonchev–Trinajstić information content (AvgIpc) is 2.34. The van der Waals surface area contributed by atoms with Gasteiger partial charge in [-0.05, 0) is 19.4 Å². The topological polar surface area (TPSA) is 52.6 Å². The number of carboxylic acid groups (broad SMARTS) is 1. The van der Waals surface area contributed by atoms with Crippen LogP contribution in [0.3, 0.4) is 0 Å². The Morgan fingerprint density at radius 3 is 2.74 bits per heavy atom. The molecule has 0 saturated carbocycles. The molecule has 1 unspecified atom stereocenters. The van der Waals surface area contributed by atoms with E-state index < -0.39 is 5.97 Å². The molecule has 2 rings (SSSR count). The summed E-state index contributed by atoms with van der Waals surface area (Å²) in [5, 5.41) is 12.4. The molecule has 1 aliphatic heterocycles. The van der Waals surface area contributed by atoms with Gasteiger partial charge >= 0.3 is 5.97 Å². The van der Waals surface area contributed by atoms with E-state index in [0.29, 0.717) is 0 Å². The van der Waals surface area contributed by atoms with Gasteiger partial charge in [0, 0.05) is 31.2 Å². The second-order valence-electron chi connectivity index (χ2n) is 5.81. The molecule has 1 heterocycles. The van der Waals surface area contributed by atoms with Gasteiger partial charge in [-0.2, -0.15) is 0 Å². The molecule has 0 spiro atoms.